The first kappa shape index (κ1) is 101. The molecule has 0 heterocycles. The van der Waals surface area contributed by atoms with Crippen LogP contribution in [0.15, 0.2) is 134 Å². The predicted octanol–water partition coefficient (Wildman–Crippen LogP) is 24.7. The molecule has 5 unspecified atom stereocenters. The average molecular weight is 1510 g/mol. The van der Waals surface area contributed by atoms with E-state index in [9.17, 15) is 43.5 Å². The van der Waals surface area contributed by atoms with Crippen LogP contribution in [0, 0.1) is 0 Å². The van der Waals surface area contributed by atoms with Gasteiger partial charge in [-0.05, 0) is 141 Å². The van der Waals surface area contributed by atoms with Crippen molar-refractivity contribution < 1.29 is 75.8 Å². The van der Waals surface area contributed by atoms with E-state index in [1.54, 1.807) is 0 Å². The third-order valence-corrected chi connectivity index (χ3v) is 19.2. The summed E-state index contributed by atoms with van der Waals surface area (Å²) < 4.78 is 61.2. The molecule has 0 aromatic heterocycles. The summed E-state index contributed by atoms with van der Waals surface area (Å²) in [6.07, 6.45) is 96.4. The number of aliphatic hydroxyl groups excluding tert-OH is 2. The van der Waals surface area contributed by atoms with E-state index in [-0.39, 0.29) is 19.3 Å². The molecule has 0 fully saturated rings. The molecule has 105 heavy (non-hydrogen) atoms. The molecule has 5 atom stereocenters. The number of phosphoric acid groups is 2. The van der Waals surface area contributed by atoms with Gasteiger partial charge in [-0.15, -0.1) is 0 Å². The van der Waals surface area contributed by atoms with Crippen LogP contribution in [0.2, 0.25) is 0 Å². The summed E-state index contributed by atoms with van der Waals surface area (Å²) in [5.41, 5.74) is 0. The summed E-state index contributed by atoms with van der Waals surface area (Å²) in [6.45, 7) is 2.52. The standard InChI is InChI=1S/C87H150O16P2/c1-4-7-10-13-16-19-22-25-27-29-31-33-35-37-39-40-42-44-45-47-49-51-53-56-58-61-64-67-70-73-85(90)97-76-82(88)77-99-104(93,94)100-78-83(89)79-101-105(95,96)102-81-84(103-87(92)75-72-69-66-63-60-55-24-21-18-15-12-9-6-3)80-98-86(91)74-71-68-65-62-59-57-54-52-50-48-46-43-41-38-36-34-32-30-28-26-23-20-17-14-11-8-5-2/h8,11,16-17,19-21,24-28,31-34,37-39,41,46,48,82-84,88-89H,4-7,9-10,12-15,18,22-23,29-30,35-36,40,42-45,47,49-81H2,1-3H3,(H,93,94)(H,95,96)/b11-8-,19-16-,20-17-,24-21-,27-25-,28-26-,33-31-,34-32-,39-37-,41-38-,48-46-. The molecule has 0 saturated carbocycles. The lowest BCUT2D eigenvalue weighted by atomic mass is 10.0. The Balaban J connectivity index is 4.50. The smallest absolute Gasteiger partial charge is 0.463 e. The van der Waals surface area contributed by atoms with Crippen molar-refractivity contribution in [2.24, 2.45) is 0 Å². The second-order valence-electron chi connectivity index (χ2n) is 27.5. The van der Waals surface area contributed by atoms with Gasteiger partial charge in [-0.25, -0.2) is 9.13 Å². The highest BCUT2D eigenvalue weighted by Gasteiger charge is 2.29. The Bertz CT molecular complexity index is 2440. The Morgan fingerprint density at radius 1 is 0.276 bits per heavy atom. The topological polar surface area (TPSA) is 231 Å². The largest absolute Gasteiger partial charge is 0.472 e. The van der Waals surface area contributed by atoms with E-state index < -0.39 is 91.5 Å². The van der Waals surface area contributed by atoms with Crippen LogP contribution in [0.5, 0.6) is 0 Å². The van der Waals surface area contributed by atoms with Crippen molar-refractivity contribution in [3.63, 3.8) is 0 Å². The zero-order valence-electron chi connectivity index (χ0n) is 66.1. The summed E-state index contributed by atoms with van der Waals surface area (Å²) in [5, 5.41) is 20.7. The summed E-state index contributed by atoms with van der Waals surface area (Å²) in [7, 11) is -9.80. The van der Waals surface area contributed by atoms with E-state index in [0.717, 1.165) is 161 Å². The second kappa shape index (κ2) is 79.2. The molecule has 604 valence electrons. The van der Waals surface area contributed by atoms with Crippen LogP contribution < -0.4 is 0 Å². The molecule has 0 aliphatic carbocycles. The molecule has 0 aromatic carbocycles. The normalized spacial score (nSPS) is 14.6. The number of carbonyl (C=O) groups is 3. The molecular weight excluding hydrogens is 1360 g/mol. The van der Waals surface area contributed by atoms with E-state index in [4.69, 9.17) is 32.3 Å². The van der Waals surface area contributed by atoms with Crippen LogP contribution in [-0.2, 0) is 55.8 Å². The van der Waals surface area contributed by atoms with Gasteiger partial charge in [-0.2, -0.15) is 0 Å². The lowest BCUT2D eigenvalue weighted by Gasteiger charge is -2.21. The van der Waals surface area contributed by atoms with E-state index in [1.807, 2.05) is 0 Å². The van der Waals surface area contributed by atoms with Crippen LogP contribution in [-0.4, -0.2) is 95.9 Å². The van der Waals surface area contributed by atoms with Crippen LogP contribution >= 0.6 is 15.6 Å². The number of esters is 3. The number of hydrogen-bond acceptors (Lipinski definition) is 14. The third kappa shape index (κ3) is 80.5. The highest BCUT2D eigenvalue weighted by atomic mass is 31.2. The summed E-state index contributed by atoms with van der Waals surface area (Å²) >= 11 is 0. The minimum absolute atomic E-state index is 0.0904. The zero-order chi connectivity index (χ0) is 76.6. The van der Waals surface area contributed by atoms with Crippen molar-refractivity contribution in [3.05, 3.63) is 134 Å². The van der Waals surface area contributed by atoms with Gasteiger partial charge in [0.2, 0.25) is 0 Å². The number of rotatable bonds is 78. The van der Waals surface area contributed by atoms with Gasteiger partial charge in [0.1, 0.15) is 25.4 Å². The van der Waals surface area contributed by atoms with Gasteiger partial charge in [0, 0.05) is 19.3 Å². The van der Waals surface area contributed by atoms with E-state index in [2.05, 4.69) is 154 Å². The fraction of sp³-hybridized carbons (Fsp3) is 0.713. The first-order valence-corrected chi connectivity index (χ1v) is 44.5. The number of phosphoric ester groups is 2. The molecule has 0 bridgehead atoms. The molecule has 0 radical (unpaired) electrons. The lowest BCUT2D eigenvalue weighted by molar-refractivity contribution is -0.161. The van der Waals surface area contributed by atoms with E-state index >= 15 is 0 Å². The predicted molar refractivity (Wildman–Crippen MR) is 436 cm³/mol. The summed E-state index contributed by atoms with van der Waals surface area (Å²) in [6, 6.07) is 0. The van der Waals surface area contributed by atoms with Gasteiger partial charge in [0.25, 0.3) is 0 Å². The quantitative estimate of drug-likeness (QED) is 0.0146. The van der Waals surface area contributed by atoms with Crippen molar-refractivity contribution in [3.8, 4) is 0 Å². The molecule has 16 nitrogen and oxygen atoms in total. The minimum Gasteiger partial charge on any atom is -0.463 e. The summed E-state index contributed by atoms with van der Waals surface area (Å²) in [4.78, 5) is 58.7. The number of allylic oxidation sites excluding steroid dienone is 22. The maximum atomic E-state index is 13.0. The van der Waals surface area contributed by atoms with Gasteiger partial charge in [0.15, 0.2) is 6.10 Å². The van der Waals surface area contributed by atoms with Crippen LogP contribution in [0.25, 0.3) is 0 Å². The Morgan fingerprint density at radius 3 is 0.829 bits per heavy atom. The Labute approximate surface area is 639 Å². The molecule has 18 heteroatoms. The van der Waals surface area contributed by atoms with Crippen LogP contribution in [0.1, 0.15) is 342 Å². The number of aliphatic hydroxyl groups is 2. The molecule has 0 aliphatic rings. The second-order valence-corrected chi connectivity index (χ2v) is 30.4. The number of unbranched alkanes of at least 4 members (excludes halogenated alkanes) is 33. The SMILES string of the molecule is CC/C=C\C/C=C\C/C=C\C/C=C\C/C=C\C/C=C\CCCCCCCCCCC(=O)OCC(COP(=O)(O)OCC(O)COP(=O)(O)OCC(O)COC(=O)CCCCCCCCCCCCCCC/C=C\C/C=C\C/C=C\C/C=C\CCCCC)OC(=O)CCCCCCC/C=C\CCCCCC. The first-order chi connectivity index (χ1) is 51.2. The van der Waals surface area contributed by atoms with Crippen LogP contribution in [0.3, 0.4) is 0 Å². The van der Waals surface area contributed by atoms with E-state index in [1.165, 1.54) is 122 Å². The fourth-order valence-corrected chi connectivity index (χ4v) is 12.6. The lowest BCUT2D eigenvalue weighted by Crippen LogP contribution is -2.30. The molecule has 0 rings (SSSR count). The molecular formula is C87H150O16P2. The Kier molecular flexibility index (Phi) is 76.0. The van der Waals surface area contributed by atoms with E-state index in [0.29, 0.717) is 19.3 Å². The van der Waals surface area contributed by atoms with Crippen molar-refractivity contribution in [1.29, 1.82) is 0 Å². The first-order valence-electron chi connectivity index (χ1n) is 41.5. The Morgan fingerprint density at radius 2 is 0.505 bits per heavy atom. The molecule has 4 N–H and O–H groups in total. The maximum Gasteiger partial charge on any atom is 0.472 e. The number of ether oxygens (including phenoxy) is 3. The number of hydrogen-bond donors (Lipinski definition) is 4. The highest BCUT2D eigenvalue weighted by Crippen LogP contribution is 2.45. The molecule has 0 aromatic rings. The van der Waals surface area contributed by atoms with Crippen molar-refractivity contribution >= 4 is 33.6 Å². The molecule has 0 saturated heterocycles. The van der Waals surface area contributed by atoms with Gasteiger partial charge in [-0.1, -0.05) is 315 Å². The van der Waals surface area contributed by atoms with Gasteiger partial charge in [0.05, 0.1) is 26.4 Å². The van der Waals surface area contributed by atoms with Crippen molar-refractivity contribution in [2.45, 2.75) is 360 Å². The average Bonchev–Trinajstić information content (AvgIpc) is 0.913. The van der Waals surface area contributed by atoms with Gasteiger partial charge < -0.3 is 34.2 Å². The maximum absolute atomic E-state index is 13.0. The monoisotopic (exact) mass is 1510 g/mol. The van der Waals surface area contributed by atoms with Gasteiger partial charge in [-0.3, -0.25) is 32.5 Å². The summed E-state index contributed by atoms with van der Waals surface area (Å²) in [5.74, 6) is -1.59. The van der Waals surface area contributed by atoms with Crippen molar-refractivity contribution in [1.82, 2.24) is 0 Å². The Hall–Kier alpha value is -4.31. The molecule has 0 aliphatic heterocycles. The van der Waals surface area contributed by atoms with Crippen molar-refractivity contribution in [2.75, 3.05) is 39.6 Å². The molecule has 0 amide bonds. The fourth-order valence-electron chi connectivity index (χ4n) is 11.0. The van der Waals surface area contributed by atoms with Gasteiger partial charge >= 0.3 is 33.6 Å². The zero-order valence-corrected chi connectivity index (χ0v) is 67.9. The highest BCUT2D eigenvalue weighted by molar-refractivity contribution is 7.47. The minimum atomic E-state index is -4.94. The molecule has 0 spiro atoms. The van der Waals surface area contributed by atoms with Crippen LogP contribution in [0.4, 0.5) is 0 Å². The third-order valence-electron chi connectivity index (χ3n) is 17.3. The number of carbonyl (C=O) groups excluding carboxylic acids is 3.